The van der Waals surface area contributed by atoms with E-state index in [1.165, 1.54) is 0 Å². The van der Waals surface area contributed by atoms with E-state index in [1.54, 1.807) is 19.1 Å². The maximum absolute atomic E-state index is 12.2. The third-order valence-electron chi connectivity index (χ3n) is 3.97. The number of hydrogen-bond acceptors (Lipinski definition) is 3. The van der Waals surface area contributed by atoms with Crippen molar-refractivity contribution in [3.8, 4) is 0 Å². The van der Waals surface area contributed by atoms with E-state index in [2.05, 4.69) is 16.0 Å². The zero-order valence-corrected chi connectivity index (χ0v) is 15.3. The molecule has 1 aromatic carbocycles. The van der Waals surface area contributed by atoms with Crippen LogP contribution in [-0.2, 0) is 4.79 Å². The highest BCUT2D eigenvalue weighted by molar-refractivity contribution is 5.93. The van der Waals surface area contributed by atoms with Crippen LogP contribution in [0, 0.1) is 20.8 Å². The maximum Gasteiger partial charge on any atom is 0.319 e. The quantitative estimate of drug-likeness (QED) is 0.750. The predicted octanol–water partition coefficient (Wildman–Crippen LogP) is 4.44. The first kappa shape index (κ1) is 18.6. The van der Waals surface area contributed by atoms with Crippen molar-refractivity contribution in [1.29, 1.82) is 0 Å². The molecule has 6 heteroatoms. The van der Waals surface area contributed by atoms with Gasteiger partial charge in [0.15, 0.2) is 0 Å². The summed E-state index contributed by atoms with van der Waals surface area (Å²) in [4.78, 5) is 23.7. The molecular weight excluding hydrogens is 318 g/mol. The monoisotopic (exact) mass is 343 g/mol. The SMILES string of the molecule is CCC(=O)Nc1ccc(NC(=O)N[C@@H](C)c2cc(C)oc2C)cc1C. The molecule has 134 valence electrons. The Morgan fingerprint density at radius 3 is 2.40 bits per heavy atom. The van der Waals surface area contributed by atoms with Gasteiger partial charge in [0.05, 0.1) is 6.04 Å². The minimum Gasteiger partial charge on any atom is -0.466 e. The Morgan fingerprint density at radius 1 is 1.12 bits per heavy atom. The lowest BCUT2D eigenvalue weighted by molar-refractivity contribution is -0.115. The summed E-state index contributed by atoms with van der Waals surface area (Å²) in [5.74, 6) is 1.58. The van der Waals surface area contributed by atoms with Crippen LogP contribution in [0.3, 0.4) is 0 Å². The molecule has 2 aromatic rings. The lowest BCUT2D eigenvalue weighted by atomic mass is 10.1. The summed E-state index contributed by atoms with van der Waals surface area (Å²) >= 11 is 0. The number of urea groups is 1. The summed E-state index contributed by atoms with van der Waals surface area (Å²) in [6, 6.07) is 6.83. The van der Waals surface area contributed by atoms with Crippen LogP contribution in [0.25, 0.3) is 0 Å². The van der Waals surface area contributed by atoms with E-state index < -0.39 is 0 Å². The lowest BCUT2D eigenvalue weighted by Crippen LogP contribution is -2.31. The van der Waals surface area contributed by atoms with Gasteiger partial charge in [-0.25, -0.2) is 4.79 Å². The Hall–Kier alpha value is -2.76. The first-order valence-corrected chi connectivity index (χ1v) is 8.35. The Balaban J connectivity index is 1.99. The van der Waals surface area contributed by atoms with Gasteiger partial charge in [0.2, 0.25) is 5.91 Å². The number of rotatable bonds is 5. The van der Waals surface area contributed by atoms with Gasteiger partial charge in [-0.3, -0.25) is 4.79 Å². The summed E-state index contributed by atoms with van der Waals surface area (Å²) in [5, 5.41) is 8.53. The van der Waals surface area contributed by atoms with Gasteiger partial charge >= 0.3 is 6.03 Å². The molecule has 0 bridgehead atoms. The van der Waals surface area contributed by atoms with Crippen LogP contribution in [0.1, 0.15) is 49.0 Å². The minimum absolute atomic E-state index is 0.0406. The zero-order valence-electron chi connectivity index (χ0n) is 15.3. The fraction of sp³-hybridized carbons (Fsp3) is 0.368. The van der Waals surface area contributed by atoms with Crippen LogP contribution < -0.4 is 16.0 Å². The Morgan fingerprint density at radius 2 is 1.84 bits per heavy atom. The van der Waals surface area contributed by atoms with Gasteiger partial charge in [-0.15, -0.1) is 0 Å². The molecular formula is C19H25N3O3. The standard InChI is InChI=1S/C19H25N3O3/c1-6-18(23)22-17-8-7-15(9-11(17)2)21-19(24)20-13(4)16-10-12(3)25-14(16)5/h7-10,13H,6H2,1-5H3,(H,22,23)(H2,20,21,24)/t13-/m0/s1. The molecule has 1 atom stereocenters. The average Bonchev–Trinajstić information content (AvgIpc) is 2.88. The average molecular weight is 343 g/mol. The van der Waals surface area contributed by atoms with Gasteiger partial charge < -0.3 is 20.4 Å². The second-order valence-corrected chi connectivity index (χ2v) is 6.12. The van der Waals surface area contributed by atoms with Crippen LogP contribution in [0.5, 0.6) is 0 Å². The van der Waals surface area contributed by atoms with Crippen molar-refractivity contribution in [3.05, 3.63) is 46.9 Å². The lowest BCUT2D eigenvalue weighted by Gasteiger charge is -2.15. The summed E-state index contributed by atoms with van der Waals surface area (Å²) in [5.41, 5.74) is 3.25. The predicted molar refractivity (Wildman–Crippen MR) is 98.9 cm³/mol. The topological polar surface area (TPSA) is 83.4 Å². The molecule has 0 saturated carbocycles. The van der Waals surface area contributed by atoms with E-state index in [0.29, 0.717) is 12.1 Å². The van der Waals surface area contributed by atoms with E-state index in [1.807, 2.05) is 39.8 Å². The number of amides is 3. The van der Waals surface area contributed by atoms with E-state index in [0.717, 1.165) is 28.3 Å². The van der Waals surface area contributed by atoms with Crippen molar-refractivity contribution in [3.63, 3.8) is 0 Å². The number of furan rings is 1. The van der Waals surface area contributed by atoms with Crippen molar-refractivity contribution >= 4 is 23.3 Å². The minimum atomic E-state index is -0.296. The van der Waals surface area contributed by atoms with Crippen LogP contribution in [0.2, 0.25) is 0 Å². The van der Waals surface area contributed by atoms with Gasteiger partial charge in [0.25, 0.3) is 0 Å². The molecule has 0 aliphatic carbocycles. The Bertz CT molecular complexity index is 780. The van der Waals surface area contributed by atoms with E-state index >= 15 is 0 Å². The number of nitrogens with one attached hydrogen (secondary N) is 3. The molecule has 0 fully saturated rings. The molecule has 3 amide bonds. The van der Waals surface area contributed by atoms with Crippen LogP contribution in [0.4, 0.5) is 16.2 Å². The third-order valence-corrected chi connectivity index (χ3v) is 3.97. The fourth-order valence-electron chi connectivity index (χ4n) is 2.64. The molecule has 0 radical (unpaired) electrons. The van der Waals surface area contributed by atoms with E-state index in [-0.39, 0.29) is 18.0 Å². The van der Waals surface area contributed by atoms with Gasteiger partial charge in [0, 0.05) is 23.4 Å². The number of hydrogen-bond donors (Lipinski definition) is 3. The van der Waals surface area contributed by atoms with Crippen LogP contribution in [0.15, 0.2) is 28.7 Å². The molecule has 0 unspecified atom stereocenters. The number of aryl methyl sites for hydroxylation is 3. The highest BCUT2D eigenvalue weighted by atomic mass is 16.3. The van der Waals surface area contributed by atoms with Gasteiger partial charge in [-0.2, -0.15) is 0 Å². The van der Waals surface area contributed by atoms with Crippen LogP contribution in [-0.4, -0.2) is 11.9 Å². The molecule has 2 rings (SSSR count). The first-order valence-electron chi connectivity index (χ1n) is 8.35. The van der Waals surface area contributed by atoms with E-state index in [9.17, 15) is 9.59 Å². The Kier molecular flexibility index (Phi) is 5.85. The molecule has 6 nitrogen and oxygen atoms in total. The maximum atomic E-state index is 12.2. The molecule has 1 aromatic heterocycles. The number of benzene rings is 1. The summed E-state index contributed by atoms with van der Waals surface area (Å²) in [6.45, 7) is 9.35. The molecule has 0 saturated heterocycles. The number of carbonyl (C=O) groups is 2. The molecule has 25 heavy (non-hydrogen) atoms. The van der Waals surface area contributed by atoms with Gasteiger partial charge in [0.1, 0.15) is 11.5 Å². The third kappa shape index (κ3) is 4.86. The highest BCUT2D eigenvalue weighted by Gasteiger charge is 2.15. The summed E-state index contributed by atoms with van der Waals surface area (Å²) in [7, 11) is 0. The van der Waals surface area contributed by atoms with Crippen molar-refractivity contribution in [1.82, 2.24) is 5.32 Å². The highest BCUT2D eigenvalue weighted by Crippen LogP contribution is 2.22. The van der Waals surface area contributed by atoms with Gasteiger partial charge in [-0.1, -0.05) is 6.92 Å². The van der Waals surface area contributed by atoms with Gasteiger partial charge in [-0.05, 0) is 57.5 Å². The summed E-state index contributed by atoms with van der Waals surface area (Å²) < 4.78 is 5.50. The second kappa shape index (κ2) is 7.88. The van der Waals surface area contributed by atoms with Crippen molar-refractivity contribution in [2.24, 2.45) is 0 Å². The number of carbonyl (C=O) groups excluding carboxylic acids is 2. The van der Waals surface area contributed by atoms with E-state index in [4.69, 9.17) is 4.42 Å². The van der Waals surface area contributed by atoms with Crippen LogP contribution >= 0.6 is 0 Å². The van der Waals surface area contributed by atoms with Crippen molar-refractivity contribution in [2.75, 3.05) is 10.6 Å². The molecule has 3 N–H and O–H groups in total. The normalized spacial score (nSPS) is 11.7. The fourth-order valence-corrected chi connectivity index (χ4v) is 2.64. The zero-order chi connectivity index (χ0) is 18.6. The first-order chi connectivity index (χ1) is 11.8. The Labute approximate surface area is 148 Å². The number of anilines is 2. The second-order valence-electron chi connectivity index (χ2n) is 6.12. The van der Waals surface area contributed by atoms with Crippen molar-refractivity contribution < 1.29 is 14.0 Å². The molecule has 1 heterocycles. The molecule has 0 spiro atoms. The molecule has 0 aliphatic heterocycles. The molecule has 0 aliphatic rings. The summed E-state index contributed by atoms with van der Waals surface area (Å²) in [6.07, 6.45) is 0.423. The van der Waals surface area contributed by atoms with Crippen molar-refractivity contribution in [2.45, 2.75) is 47.1 Å². The smallest absolute Gasteiger partial charge is 0.319 e. The largest absolute Gasteiger partial charge is 0.466 e.